The highest BCUT2D eigenvalue weighted by Gasteiger charge is 2.29. The predicted octanol–water partition coefficient (Wildman–Crippen LogP) is 4.95. The number of carbonyl (C=O) groups is 2. The zero-order valence-electron chi connectivity index (χ0n) is 14.5. The number of alkyl halides is 3. The van der Waals surface area contributed by atoms with Crippen LogP contribution in [0.3, 0.4) is 0 Å². The van der Waals surface area contributed by atoms with E-state index in [9.17, 15) is 22.8 Å². The molecule has 0 aliphatic heterocycles. The van der Waals surface area contributed by atoms with Gasteiger partial charge in [-0.15, -0.1) is 0 Å². The molecule has 0 rings (SSSR count). The molecule has 0 heterocycles. The van der Waals surface area contributed by atoms with E-state index in [4.69, 9.17) is 4.74 Å². The maximum Gasteiger partial charge on any atom is 0.422 e. The van der Waals surface area contributed by atoms with Gasteiger partial charge < -0.3 is 9.47 Å². The van der Waals surface area contributed by atoms with Gasteiger partial charge in [-0.1, -0.05) is 51.9 Å². The van der Waals surface area contributed by atoms with Gasteiger partial charge in [0.2, 0.25) is 0 Å². The lowest BCUT2D eigenvalue weighted by Crippen LogP contribution is -2.20. The van der Waals surface area contributed by atoms with Gasteiger partial charge in [0.05, 0.1) is 6.61 Å². The van der Waals surface area contributed by atoms with Crippen molar-refractivity contribution in [3.05, 3.63) is 0 Å². The fourth-order valence-electron chi connectivity index (χ4n) is 2.11. The third-order valence-corrected chi connectivity index (χ3v) is 3.42. The number of hydrogen-bond donors (Lipinski definition) is 0. The van der Waals surface area contributed by atoms with Crippen molar-refractivity contribution in [2.75, 3.05) is 13.2 Å². The molecule has 0 aromatic carbocycles. The first-order valence-corrected chi connectivity index (χ1v) is 8.73. The average Bonchev–Trinajstić information content (AvgIpc) is 2.50. The minimum atomic E-state index is -4.52. The van der Waals surface area contributed by atoms with Crippen LogP contribution in [-0.2, 0) is 19.1 Å². The fourth-order valence-corrected chi connectivity index (χ4v) is 2.11. The average molecular weight is 354 g/mol. The highest BCUT2D eigenvalue weighted by Crippen LogP contribution is 2.15. The van der Waals surface area contributed by atoms with Gasteiger partial charge in [-0.05, 0) is 12.8 Å². The molecule has 0 spiro atoms. The highest BCUT2D eigenvalue weighted by molar-refractivity contribution is 5.72. The SMILES string of the molecule is CCCCCCCCCCOC(=O)CCCC(=O)OCC(F)(F)F. The van der Waals surface area contributed by atoms with Crippen LogP contribution in [0.2, 0.25) is 0 Å². The molecule has 0 aliphatic carbocycles. The van der Waals surface area contributed by atoms with Crippen LogP contribution >= 0.6 is 0 Å². The number of carbonyl (C=O) groups excluding carboxylic acids is 2. The molecule has 0 N–H and O–H groups in total. The molecular formula is C17H29F3O4. The van der Waals surface area contributed by atoms with Crippen molar-refractivity contribution in [2.45, 2.75) is 83.7 Å². The lowest BCUT2D eigenvalue weighted by Gasteiger charge is -2.07. The Morgan fingerprint density at radius 3 is 1.79 bits per heavy atom. The molecule has 0 unspecified atom stereocenters. The van der Waals surface area contributed by atoms with Crippen LogP contribution < -0.4 is 0 Å². The van der Waals surface area contributed by atoms with Crippen LogP contribution in [0.1, 0.15) is 77.6 Å². The van der Waals surface area contributed by atoms with Crippen LogP contribution in [0, 0.1) is 0 Å². The van der Waals surface area contributed by atoms with Crippen LogP contribution in [-0.4, -0.2) is 31.3 Å². The summed E-state index contributed by atoms with van der Waals surface area (Å²) in [5.74, 6) is -1.38. The predicted molar refractivity (Wildman–Crippen MR) is 84.4 cm³/mol. The Kier molecular flexibility index (Phi) is 13.4. The van der Waals surface area contributed by atoms with Gasteiger partial charge in [0.1, 0.15) is 0 Å². The lowest BCUT2D eigenvalue weighted by molar-refractivity contribution is -0.186. The molecule has 0 radical (unpaired) electrons. The molecular weight excluding hydrogens is 325 g/mol. The Bertz CT molecular complexity index is 343. The number of hydrogen-bond acceptors (Lipinski definition) is 4. The Morgan fingerprint density at radius 2 is 1.25 bits per heavy atom. The van der Waals surface area contributed by atoms with Crippen molar-refractivity contribution >= 4 is 11.9 Å². The second-order valence-corrected chi connectivity index (χ2v) is 5.82. The zero-order valence-corrected chi connectivity index (χ0v) is 14.5. The largest absolute Gasteiger partial charge is 0.466 e. The Balaban J connectivity index is 3.39. The van der Waals surface area contributed by atoms with E-state index >= 15 is 0 Å². The highest BCUT2D eigenvalue weighted by atomic mass is 19.4. The van der Waals surface area contributed by atoms with Crippen molar-refractivity contribution < 1.29 is 32.2 Å². The molecule has 0 aromatic rings. The molecule has 0 amide bonds. The molecule has 0 aromatic heterocycles. The summed E-state index contributed by atoms with van der Waals surface area (Å²) in [6, 6.07) is 0. The molecule has 0 atom stereocenters. The minimum Gasteiger partial charge on any atom is -0.466 e. The fraction of sp³-hybridized carbons (Fsp3) is 0.882. The van der Waals surface area contributed by atoms with E-state index in [-0.39, 0.29) is 19.3 Å². The molecule has 0 saturated carbocycles. The maximum absolute atomic E-state index is 11.8. The van der Waals surface area contributed by atoms with Crippen LogP contribution in [0.15, 0.2) is 0 Å². The smallest absolute Gasteiger partial charge is 0.422 e. The van der Waals surface area contributed by atoms with Crippen molar-refractivity contribution in [1.29, 1.82) is 0 Å². The van der Waals surface area contributed by atoms with Gasteiger partial charge in [0, 0.05) is 12.8 Å². The van der Waals surface area contributed by atoms with E-state index in [1.807, 2.05) is 0 Å². The molecule has 0 fully saturated rings. The first kappa shape index (κ1) is 22.7. The lowest BCUT2D eigenvalue weighted by atomic mass is 10.1. The van der Waals surface area contributed by atoms with E-state index in [2.05, 4.69) is 11.7 Å². The third kappa shape index (κ3) is 17.1. The topological polar surface area (TPSA) is 52.6 Å². The minimum absolute atomic E-state index is 0.0120. The molecule has 4 nitrogen and oxygen atoms in total. The van der Waals surface area contributed by atoms with Gasteiger partial charge >= 0.3 is 18.1 Å². The summed E-state index contributed by atoms with van der Waals surface area (Å²) in [6.07, 6.45) is 4.60. The van der Waals surface area contributed by atoms with E-state index in [1.165, 1.54) is 32.1 Å². The van der Waals surface area contributed by atoms with E-state index < -0.39 is 24.7 Å². The molecule has 7 heteroatoms. The number of ether oxygens (including phenoxy) is 2. The normalized spacial score (nSPS) is 11.3. The van der Waals surface area contributed by atoms with Crippen LogP contribution in [0.25, 0.3) is 0 Å². The summed E-state index contributed by atoms with van der Waals surface area (Å²) in [5, 5.41) is 0. The quantitative estimate of drug-likeness (QED) is 0.327. The first-order valence-electron chi connectivity index (χ1n) is 8.73. The van der Waals surface area contributed by atoms with Crippen LogP contribution in [0.5, 0.6) is 0 Å². The van der Waals surface area contributed by atoms with Crippen molar-refractivity contribution in [3.8, 4) is 0 Å². The summed E-state index contributed by atoms with van der Waals surface area (Å²) in [6.45, 7) is 0.945. The summed E-state index contributed by atoms with van der Waals surface area (Å²) in [4.78, 5) is 22.4. The second kappa shape index (κ2) is 14.1. The number of unbranched alkanes of at least 4 members (excludes halogenated alkanes) is 7. The van der Waals surface area contributed by atoms with Gasteiger partial charge in [-0.25, -0.2) is 0 Å². The molecule has 0 bridgehead atoms. The number of esters is 2. The van der Waals surface area contributed by atoms with Gasteiger partial charge in [0.15, 0.2) is 6.61 Å². The Labute approximate surface area is 142 Å². The summed E-state index contributed by atoms with van der Waals surface area (Å²) in [7, 11) is 0. The summed E-state index contributed by atoms with van der Waals surface area (Å²) < 4.78 is 44.5. The Morgan fingerprint density at radius 1 is 0.750 bits per heavy atom. The molecule has 24 heavy (non-hydrogen) atoms. The Hall–Kier alpha value is -1.27. The first-order chi connectivity index (χ1) is 11.3. The third-order valence-electron chi connectivity index (χ3n) is 3.42. The standard InChI is InChI=1S/C17H29F3O4/c1-2-3-4-5-6-7-8-9-13-23-15(21)11-10-12-16(22)24-14-17(18,19)20/h2-14H2,1H3. The summed E-state index contributed by atoms with van der Waals surface area (Å²) in [5.41, 5.74) is 0. The van der Waals surface area contributed by atoms with E-state index in [1.54, 1.807) is 0 Å². The van der Waals surface area contributed by atoms with Gasteiger partial charge in [-0.2, -0.15) is 13.2 Å². The zero-order chi connectivity index (χ0) is 18.3. The van der Waals surface area contributed by atoms with E-state index in [0.717, 1.165) is 19.3 Å². The molecule has 142 valence electrons. The van der Waals surface area contributed by atoms with Crippen molar-refractivity contribution in [1.82, 2.24) is 0 Å². The molecule has 0 saturated heterocycles. The second-order valence-electron chi connectivity index (χ2n) is 5.82. The number of halogens is 3. The van der Waals surface area contributed by atoms with Gasteiger partial charge in [0.25, 0.3) is 0 Å². The van der Waals surface area contributed by atoms with Crippen LogP contribution in [0.4, 0.5) is 13.2 Å². The van der Waals surface area contributed by atoms with E-state index in [0.29, 0.717) is 6.61 Å². The molecule has 0 aliphatic rings. The monoisotopic (exact) mass is 354 g/mol. The number of rotatable bonds is 14. The van der Waals surface area contributed by atoms with Crippen molar-refractivity contribution in [3.63, 3.8) is 0 Å². The van der Waals surface area contributed by atoms with Gasteiger partial charge in [-0.3, -0.25) is 9.59 Å². The summed E-state index contributed by atoms with van der Waals surface area (Å²) >= 11 is 0. The van der Waals surface area contributed by atoms with Crippen molar-refractivity contribution in [2.24, 2.45) is 0 Å². The maximum atomic E-state index is 11.8.